The molecule has 9 nitrogen and oxygen atoms in total. The van der Waals surface area contributed by atoms with E-state index in [2.05, 4.69) is 0 Å². The Morgan fingerprint density at radius 1 is 1.18 bits per heavy atom. The van der Waals surface area contributed by atoms with Crippen molar-refractivity contribution in [2.24, 2.45) is 52.3 Å². The maximum absolute atomic E-state index is 13.6. The van der Waals surface area contributed by atoms with Crippen LogP contribution in [-0.4, -0.2) is 74.3 Å². The van der Waals surface area contributed by atoms with Gasteiger partial charge in [-0.05, 0) is 49.0 Å². The first-order chi connectivity index (χ1) is 18.0. The van der Waals surface area contributed by atoms with Gasteiger partial charge in [-0.25, -0.2) is 0 Å². The standard InChI is InChI=1S/C30H44O9/c1-13(2)29(36,14(3)4)11-17(31)9-18-22-16(6)23(33)30(37)26-27(7)19(15(5)8-20(32)24(27)34)10-21(39-25(18)35)28(22,26)12-38-30/h8,13-14,16,18-19,21-24,26,33-34,36-37H,9-12H2,1-7H3/t16-,18?,19+,21-,22?,23-,24-,26?,27-,28+,30-/m1/s1. The summed E-state index contributed by atoms with van der Waals surface area (Å²) in [6.45, 7) is 12.7. The molecule has 0 aromatic carbocycles. The Labute approximate surface area is 229 Å². The summed E-state index contributed by atoms with van der Waals surface area (Å²) in [4.78, 5) is 40.0. The molecule has 5 rings (SSSR count). The highest BCUT2D eigenvalue weighted by molar-refractivity contribution is 5.96. The van der Waals surface area contributed by atoms with Crippen LogP contribution in [0.25, 0.3) is 0 Å². The Morgan fingerprint density at radius 3 is 2.38 bits per heavy atom. The van der Waals surface area contributed by atoms with Crippen LogP contribution in [0.2, 0.25) is 0 Å². The molecule has 1 spiro atoms. The molecule has 0 amide bonds. The lowest BCUT2D eigenvalue weighted by molar-refractivity contribution is -0.337. The van der Waals surface area contributed by atoms with E-state index in [1.54, 1.807) is 20.8 Å². The number of carbonyl (C=O) groups excluding carboxylic acids is 3. The van der Waals surface area contributed by atoms with Crippen LogP contribution in [0.3, 0.4) is 0 Å². The smallest absolute Gasteiger partial charge is 0.309 e. The van der Waals surface area contributed by atoms with Crippen molar-refractivity contribution < 1.29 is 44.3 Å². The number of hydrogen-bond donors (Lipinski definition) is 4. The molecule has 218 valence electrons. The molecule has 2 aliphatic heterocycles. The highest BCUT2D eigenvalue weighted by atomic mass is 16.6. The third-order valence-corrected chi connectivity index (χ3v) is 11.7. The number of hydrogen-bond acceptors (Lipinski definition) is 9. The van der Waals surface area contributed by atoms with Crippen LogP contribution < -0.4 is 0 Å². The van der Waals surface area contributed by atoms with Crippen LogP contribution in [0.15, 0.2) is 11.6 Å². The Morgan fingerprint density at radius 2 is 1.79 bits per heavy atom. The van der Waals surface area contributed by atoms with E-state index in [0.29, 0.717) is 6.42 Å². The number of fused-ring (bicyclic) bond motifs is 1. The van der Waals surface area contributed by atoms with E-state index >= 15 is 0 Å². The zero-order valence-electron chi connectivity index (χ0n) is 24.0. The zero-order chi connectivity index (χ0) is 29.0. The van der Waals surface area contributed by atoms with Gasteiger partial charge < -0.3 is 29.9 Å². The molecule has 11 atom stereocenters. The molecule has 39 heavy (non-hydrogen) atoms. The van der Waals surface area contributed by atoms with E-state index in [0.717, 1.165) is 5.57 Å². The van der Waals surface area contributed by atoms with Crippen LogP contribution in [-0.2, 0) is 23.9 Å². The lowest BCUT2D eigenvalue weighted by Crippen LogP contribution is -2.77. The number of rotatable bonds is 6. The molecule has 0 aromatic heterocycles. The van der Waals surface area contributed by atoms with Gasteiger partial charge in [-0.3, -0.25) is 14.4 Å². The van der Waals surface area contributed by atoms with Crippen LogP contribution in [0, 0.1) is 52.3 Å². The highest BCUT2D eigenvalue weighted by Crippen LogP contribution is 2.74. The van der Waals surface area contributed by atoms with E-state index < -0.39 is 76.0 Å². The number of ketones is 2. The number of aliphatic hydroxyl groups excluding tert-OH is 2. The second-order valence-electron chi connectivity index (χ2n) is 14.0. The molecule has 2 bridgehead atoms. The molecular weight excluding hydrogens is 504 g/mol. The van der Waals surface area contributed by atoms with Crippen molar-refractivity contribution in [2.75, 3.05) is 6.61 Å². The van der Waals surface area contributed by atoms with Gasteiger partial charge in [0.15, 0.2) is 11.6 Å². The molecule has 2 saturated carbocycles. The number of esters is 1. The molecule has 5 aliphatic rings. The third-order valence-electron chi connectivity index (χ3n) is 11.7. The SMILES string of the molecule is CC1=CC(=O)[C@@H](O)[C@]2(C)C3[C@]45CO[C@]3(O)[C@H](O)[C@H](C)C4C(CC(=O)CC(O)(C(C)C)C(C)C)C(=O)O[C@@H]5C[C@@H]12. The molecular formula is C30H44O9. The second kappa shape index (κ2) is 8.92. The summed E-state index contributed by atoms with van der Waals surface area (Å²) in [7, 11) is 0. The van der Waals surface area contributed by atoms with E-state index in [1.807, 2.05) is 27.7 Å². The summed E-state index contributed by atoms with van der Waals surface area (Å²) in [5, 5.41) is 46.1. The number of Topliss-reactive ketones (excluding diaryl/α,β-unsaturated/α-hetero) is 1. The van der Waals surface area contributed by atoms with E-state index in [1.165, 1.54) is 6.08 Å². The summed E-state index contributed by atoms with van der Waals surface area (Å²) in [6.07, 6.45) is -2.08. The van der Waals surface area contributed by atoms with Gasteiger partial charge in [-0.2, -0.15) is 0 Å². The first kappa shape index (κ1) is 28.9. The summed E-state index contributed by atoms with van der Waals surface area (Å²) >= 11 is 0. The summed E-state index contributed by atoms with van der Waals surface area (Å²) in [6, 6.07) is 0. The topological polar surface area (TPSA) is 151 Å². The lowest BCUT2D eigenvalue weighted by Gasteiger charge is -2.68. The molecule has 2 heterocycles. The number of aliphatic hydroxyl groups is 4. The van der Waals surface area contributed by atoms with Gasteiger partial charge in [-0.15, -0.1) is 0 Å². The van der Waals surface area contributed by atoms with Crippen molar-refractivity contribution in [1.29, 1.82) is 0 Å². The first-order valence-corrected chi connectivity index (χ1v) is 14.4. The Hall–Kier alpha value is -1.65. The molecule has 3 unspecified atom stereocenters. The van der Waals surface area contributed by atoms with Crippen LogP contribution >= 0.6 is 0 Å². The number of ether oxygens (including phenoxy) is 2. The largest absolute Gasteiger partial charge is 0.461 e. The zero-order valence-corrected chi connectivity index (χ0v) is 24.0. The molecule has 0 aromatic rings. The van der Waals surface area contributed by atoms with Gasteiger partial charge >= 0.3 is 5.97 Å². The normalized spacial score (nSPS) is 47.1. The van der Waals surface area contributed by atoms with Gasteiger partial charge in [0.25, 0.3) is 0 Å². The van der Waals surface area contributed by atoms with Gasteiger partial charge in [0.05, 0.1) is 18.1 Å². The fraction of sp³-hybridized carbons (Fsp3) is 0.833. The second-order valence-corrected chi connectivity index (χ2v) is 14.0. The third kappa shape index (κ3) is 3.52. The van der Waals surface area contributed by atoms with Crippen molar-refractivity contribution in [3.05, 3.63) is 11.6 Å². The molecule has 0 radical (unpaired) electrons. The van der Waals surface area contributed by atoms with E-state index in [9.17, 15) is 34.8 Å². The Balaban J connectivity index is 1.60. The highest BCUT2D eigenvalue weighted by Gasteiger charge is 2.83. The fourth-order valence-corrected chi connectivity index (χ4v) is 9.73. The Bertz CT molecular complexity index is 1100. The summed E-state index contributed by atoms with van der Waals surface area (Å²) < 4.78 is 12.1. The molecule has 4 N–H and O–H groups in total. The first-order valence-electron chi connectivity index (χ1n) is 14.4. The van der Waals surface area contributed by atoms with E-state index in [4.69, 9.17) is 9.47 Å². The van der Waals surface area contributed by atoms with Gasteiger partial charge in [0.2, 0.25) is 0 Å². The van der Waals surface area contributed by atoms with Crippen molar-refractivity contribution in [3.8, 4) is 0 Å². The molecule has 9 heteroatoms. The summed E-state index contributed by atoms with van der Waals surface area (Å²) in [5.41, 5.74) is -2.71. The maximum atomic E-state index is 13.6. The maximum Gasteiger partial charge on any atom is 0.309 e. The van der Waals surface area contributed by atoms with Crippen LogP contribution in [0.4, 0.5) is 0 Å². The molecule has 2 saturated heterocycles. The van der Waals surface area contributed by atoms with Crippen molar-refractivity contribution in [3.63, 3.8) is 0 Å². The van der Waals surface area contributed by atoms with E-state index in [-0.39, 0.29) is 43.0 Å². The fourth-order valence-electron chi connectivity index (χ4n) is 9.73. The van der Waals surface area contributed by atoms with Gasteiger partial charge in [0.1, 0.15) is 24.1 Å². The number of allylic oxidation sites excluding steroid dienone is 1. The van der Waals surface area contributed by atoms with Crippen molar-refractivity contribution >= 4 is 17.5 Å². The van der Waals surface area contributed by atoms with Crippen LogP contribution in [0.1, 0.15) is 67.7 Å². The van der Waals surface area contributed by atoms with Gasteiger partial charge in [-0.1, -0.05) is 47.1 Å². The van der Waals surface area contributed by atoms with Gasteiger partial charge in [0, 0.05) is 29.6 Å². The van der Waals surface area contributed by atoms with Crippen molar-refractivity contribution in [2.45, 2.75) is 97.4 Å². The quantitative estimate of drug-likeness (QED) is 0.364. The monoisotopic (exact) mass is 548 g/mol. The Kier molecular flexibility index (Phi) is 6.60. The minimum atomic E-state index is -2.06. The average Bonchev–Trinajstić information content (AvgIpc) is 3.13. The predicted octanol–water partition coefficient (Wildman–Crippen LogP) is 1.78. The summed E-state index contributed by atoms with van der Waals surface area (Å²) in [5.74, 6) is -7.18. The van der Waals surface area contributed by atoms with Crippen molar-refractivity contribution in [1.82, 2.24) is 0 Å². The average molecular weight is 549 g/mol. The molecule has 4 fully saturated rings. The lowest BCUT2D eigenvalue weighted by atomic mass is 9.37. The molecule has 3 aliphatic carbocycles. The minimum Gasteiger partial charge on any atom is -0.461 e. The number of carbonyl (C=O) groups is 3. The minimum absolute atomic E-state index is 0.0310. The predicted molar refractivity (Wildman–Crippen MR) is 139 cm³/mol. The van der Waals surface area contributed by atoms with Crippen LogP contribution in [0.5, 0.6) is 0 Å².